The first-order valence-corrected chi connectivity index (χ1v) is 5.37. The van der Waals surface area contributed by atoms with Crippen LogP contribution < -0.4 is 15.8 Å². The van der Waals surface area contributed by atoms with Crippen molar-refractivity contribution in [1.82, 2.24) is 10.2 Å². The Morgan fingerprint density at radius 2 is 2.00 bits per heavy atom. The van der Waals surface area contributed by atoms with Gasteiger partial charge in [0.1, 0.15) is 11.3 Å². The molecule has 0 aliphatic carbocycles. The number of benzene rings is 1. The lowest BCUT2D eigenvalue weighted by Gasteiger charge is -2.07. The molecule has 0 bridgehead atoms. The van der Waals surface area contributed by atoms with Crippen molar-refractivity contribution < 1.29 is 14.6 Å². The van der Waals surface area contributed by atoms with Gasteiger partial charge in [0.2, 0.25) is 0 Å². The predicted octanol–water partition coefficient (Wildman–Crippen LogP) is 1.51. The molecule has 0 aliphatic rings. The molecule has 2 aromatic rings. The van der Waals surface area contributed by atoms with Gasteiger partial charge < -0.3 is 20.9 Å². The molecule has 1 heterocycles. The summed E-state index contributed by atoms with van der Waals surface area (Å²) in [5.74, 6) is -0.241. The van der Waals surface area contributed by atoms with Gasteiger partial charge in [0, 0.05) is 11.8 Å². The van der Waals surface area contributed by atoms with Gasteiger partial charge in [-0.2, -0.15) is 0 Å². The van der Waals surface area contributed by atoms with Crippen LogP contribution in [-0.4, -0.2) is 28.4 Å². The predicted molar refractivity (Wildman–Crippen MR) is 69.7 cm³/mol. The van der Waals surface area contributed by atoms with Gasteiger partial charge in [0.25, 0.3) is 0 Å². The summed E-state index contributed by atoms with van der Waals surface area (Å²) in [7, 11) is 1.58. The molecule has 4 N–H and O–H groups in total. The molecule has 0 atom stereocenters. The standard InChI is InChI=1S/C12H12N4O3/c1-19-8-4-2-7(3-5-8)14-10-6-9(12(17)18)11(13)16-15-10/h2-6H,1H3,(H2,13,16)(H,14,15)(H,17,18). The molecule has 0 radical (unpaired) electrons. The quantitative estimate of drug-likeness (QED) is 0.764. The summed E-state index contributed by atoms with van der Waals surface area (Å²) in [5, 5.41) is 19.2. The monoisotopic (exact) mass is 260 g/mol. The molecule has 98 valence electrons. The van der Waals surface area contributed by atoms with E-state index in [0.717, 1.165) is 11.4 Å². The fourth-order valence-corrected chi connectivity index (χ4v) is 1.46. The molecular weight excluding hydrogens is 248 g/mol. The zero-order valence-electron chi connectivity index (χ0n) is 10.1. The highest BCUT2D eigenvalue weighted by Crippen LogP contribution is 2.20. The summed E-state index contributed by atoms with van der Waals surface area (Å²) < 4.78 is 5.04. The van der Waals surface area contributed by atoms with Crippen LogP contribution in [0.5, 0.6) is 5.75 Å². The summed E-state index contributed by atoms with van der Waals surface area (Å²) in [6.07, 6.45) is 0. The van der Waals surface area contributed by atoms with Crippen LogP contribution in [0.3, 0.4) is 0 Å². The zero-order valence-corrected chi connectivity index (χ0v) is 10.1. The number of methoxy groups -OCH3 is 1. The Bertz CT molecular complexity index is 598. The van der Waals surface area contributed by atoms with E-state index in [1.807, 2.05) is 0 Å². The fourth-order valence-electron chi connectivity index (χ4n) is 1.46. The maximum Gasteiger partial charge on any atom is 0.339 e. The van der Waals surface area contributed by atoms with Crippen molar-refractivity contribution in [2.45, 2.75) is 0 Å². The van der Waals surface area contributed by atoms with Crippen molar-refractivity contribution >= 4 is 23.3 Å². The van der Waals surface area contributed by atoms with E-state index >= 15 is 0 Å². The second-order valence-corrected chi connectivity index (χ2v) is 3.69. The number of hydrogen-bond acceptors (Lipinski definition) is 6. The molecule has 1 aromatic carbocycles. The highest BCUT2D eigenvalue weighted by atomic mass is 16.5. The number of anilines is 3. The minimum absolute atomic E-state index is 0.0917. The lowest BCUT2D eigenvalue weighted by Crippen LogP contribution is -2.07. The first-order valence-electron chi connectivity index (χ1n) is 5.37. The van der Waals surface area contributed by atoms with E-state index in [2.05, 4.69) is 15.5 Å². The van der Waals surface area contributed by atoms with E-state index in [1.54, 1.807) is 31.4 Å². The van der Waals surface area contributed by atoms with Crippen molar-refractivity contribution in [3.63, 3.8) is 0 Å². The Kier molecular flexibility index (Phi) is 3.46. The Hall–Kier alpha value is -2.83. The number of rotatable bonds is 4. The Morgan fingerprint density at radius 3 is 2.58 bits per heavy atom. The average molecular weight is 260 g/mol. The minimum atomic E-state index is -1.15. The van der Waals surface area contributed by atoms with Gasteiger partial charge >= 0.3 is 5.97 Å². The molecule has 2 rings (SSSR count). The SMILES string of the molecule is COc1ccc(Nc2cc(C(=O)O)c(N)nn2)cc1. The van der Waals surface area contributed by atoms with Crippen LogP contribution in [0, 0.1) is 0 Å². The van der Waals surface area contributed by atoms with E-state index in [9.17, 15) is 4.79 Å². The summed E-state index contributed by atoms with van der Waals surface area (Å²) in [4.78, 5) is 10.9. The highest BCUT2D eigenvalue weighted by Gasteiger charge is 2.11. The van der Waals surface area contributed by atoms with Gasteiger partial charge in [0.15, 0.2) is 11.6 Å². The molecule has 7 nitrogen and oxygen atoms in total. The summed E-state index contributed by atoms with van der Waals surface area (Å²) in [6, 6.07) is 8.42. The number of carbonyl (C=O) groups is 1. The van der Waals surface area contributed by atoms with Gasteiger partial charge in [-0.05, 0) is 24.3 Å². The second-order valence-electron chi connectivity index (χ2n) is 3.69. The molecule has 0 aliphatic heterocycles. The smallest absolute Gasteiger partial charge is 0.339 e. The van der Waals surface area contributed by atoms with Crippen molar-refractivity contribution in [2.75, 3.05) is 18.2 Å². The van der Waals surface area contributed by atoms with E-state index in [-0.39, 0.29) is 11.4 Å². The number of nitrogens with zero attached hydrogens (tertiary/aromatic N) is 2. The second kappa shape index (κ2) is 5.21. The first-order chi connectivity index (χ1) is 9.10. The highest BCUT2D eigenvalue weighted by molar-refractivity contribution is 5.93. The number of ether oxygens (including phenoxy) is 1. The van der Waals surface area contributed by atoms with E-state index in [4.69, 9.17) is 15.6 Å². The summed E-state index contributed by atoms with van der Waals surface area (Å²) in [5.41, 5.74) is 6.06. The van der Waals surface area contributed by atoms with E-state index in [0.29, 0.717) is 5.82 Å². The third kappa shape index (κ3) is 2.89. The number of hydrogen-bond donors (Lipinski definition) is 3. The molecule has 0 unspecified atom stereocenters. The van der Waals surface area contributed by atoms with Gasteiger partial charge in [0.05, 0.1) is 7.11 Å². The number of nitrogen functional groups attached to an aromatic ring is 1. The Labute approximate surface area is 109 Å². The largest absolute Gasteiger partial charge is 0.497 e. The summed E-state index contributed by atoms with van der Waals surface area (Å²) in [6.45, 7) is 0. The molecule has 19 heavy (non-hydrogen) atoms. The van der Waals surface area contributed by atoms with E-state index in [1.165, 1.54) is 6.07 Å². The molecule has 7 heteroatoms. The zero-order chi connectivity index (χ0) is 13.8. The van der Waals surface area contributed by atoms with Gasteiger partial charge in [-0.15, -0.1) is 10.2 Å². The van der Waals surface area contributed by atoms with E-state index < -0.39 is 5.97 Å². The first kappa shape index (κ1) is 12.6. The topological polar surface area (TPSA) is 110 Å². The van der Waals surface area contributed by atoms with Crippen molar-refractivity contribution in [3.8, 4) is 5.75 Å². The molecule has 0 saturated carbocycles. The Morgan fingerprint density at radius 1 is 1.32 bits per heavy atom. The number of carboxylic acid groups (broad SMARTS) is 1. The fraction of sp³-hybridized carbons (Fsp3) is 0.0833. The van der Waals surface area contributed by atoms with Gasteiger partial charge in [-0.1, -0.05) is 0 Å². The van der Waals surface area contributed by atoms with Crippen molar-refractivity contribution in [1.29, 1.82) is 0 Å². The van der Waals surface area contributed by atoms with Gasteiger partial charge in [-0.3, -0.25) is 0 Å². The van der Waals surface area contributed by atoms with Crippen LogP contribution in [0.2, 0.25) is 0 Å². The third-order valence-electron chi connectivity index (χ3n) is 2.42. The number of nitrogens with one attached hydrogen (secondary N) is 1. The Balaban J connectivity index is 2.22. The molecule has 1 aromatic heterocycles. The van der Waals surface area contributed by atoms with Crippen LogP contribution >= 0.6 is 0 Å². The molecule has 0 spiro atoms. The van der Waals surface area contributed by atoms with Crippen LogP contribution in [0.25, 0.3) is 0 Å². The van der Waals surface area contributed by atoms with Crippen molar-refractivity contribution in [2.24, 2.45) is 0 Å². The maximum absolute atomic E-state index is 10.9. The van der Waals surface area contributed by atoms with Crippen LogP contribution in [0.4, 0.5) is 17.3 Å². The third-order valence-corrected chi connectivity index (χ3v) is 2.42. The average Bonchev–Trinajstić information content (AvgIpc) is 2.41. The molecular formula is C12H12N4O3. The number of aromatic carboxylic acids is 1. The molecule has 0 fully saturated rings. The number of aromatic nitrogens is 2. The lowest BCUT2D eigenvalue weighted by molar-refractivity contribution is 0.0697. The van der Waals surface area contributed by atoms with Gasteiger partial charge in [-0.25, -0.2) is 4.79 Å². The molecule has 0 amide bonds. The minimum Gasteiger partial charge on any atom is -0.497 e. The number of carboxylic acids is 1. The van der Waals surface area contributed by atoms with Crippen LogP contribution in [0.15, 0.2) is 30.3 Å². The maximum atomic E-state index is 10.9. The van der Waals surface area contributed by atoms with Crippen LogP contribution in [-0.2, 0) is 0 Å². The molecule has 0 saturated heterocycles. The number of nitrogens with two attached hydrogens (primary N) is 1. The normalized spacial score (nSPS) is 9.95. The lowest BCUT2D eigenvalue weighted by atomic mass is 10.2. The van der Waals surface area contributed by atoms with Crippen molar-refractivity contribution in [3.05, 3.63) is 35.9 Å². The van der Waals surface area contributed by atoms with Crippen LogP contribution in [0.1, 0.15) is 10.4 Å². The summed E-state index contributed by atoms with van der Waals surface area (Å²) >= 11 is 0.